The van der Waals surface area contributed by atoms with Crippen molar-refractivity contribution < 1.29 is 19.1 Å². The van der Waals surface area contributed by atoms with Crippen LogP contribution in [0.2, 0.25) is 0 Å². The van der Waals surface area contributed by atoms with E-state index in [0.29, 0.717) is 0 Å². The molecule has 19 heavy (non-hydrogen) atoms. The van der Waals surface area contributed by atoms with Crippen LogP contribution in [-0.2, 0) is 20.9 Å². The average Bonchev–Trinajstić information content (AvgIpc) is 2.42. The summed E-state index contributed by atoms with van der Waals surface area (Å²) in [5.41, 5.74) is 0.839. The van der Waals surface area contributed by atoms with E-state index in [1.54, 1.807) is 6.29 Å². The largest absolute Gasteiger partial charge is 0.445 e. The van der Waals surface area contributed by atoms with Gasteiger partial charge in [-0.25, -0.2) is 4.79 Å². The molecule has 0 aromatic heterocycles. The molecular formula is C13H15N2O4. The van der Waals surface area contributed by atoms with Crippen molar-refractivity contribution in [2.24, 2.45) is 0 Å². The van der Waals surface area contributed by atoms with Crippen LogP contribution in [0.5, 0.6) is 0 Å². The highest BCUT2D eigenvalue weighted by atomic mass is 16.5. The molecular weight excluding hydrogens is 248 g/mol. The molecule has 2 N–H and O–H groups in total. The first-order valence-electron chi connectivity index (χ1n) is 5.71. The van der Waals surface area contributed by atoms with Gasteiger partial charge in [-0.3, -0.25) is 9.59 Å². The predicted molar refractivity (Wildman–Crippen MR) is 67.9 cm³/mol. The van der Waals surface area contributed by atoms with E-state index in [-0.39, 0.29) is 19.1 Å². The molecule has 0 spiro atoms. The Morgan fingerprint density at radius 2 is 2.00 bits per heavy atom. The van der Waals surface area contributed by atoms with E-state index < -0.39 is 12.1 Å². The van der Waals surface area contributed by atoms with Crippen molar-refractivity contribution in [3.8, 4) is 0 Å². The Kier molecular flexibility index (Phi) is 6.08. The van der Waals surface area contributed by atoms with Crippen LogP contribution in [0.3, 0.4) is 0 Å². The minimum atomic E-state index is -0.924. The van der Waals surface area contributed by atoms with Crippen molar-refractivity contribution in [3.05, 3.63) is 35.9 Å². The fourth-order valence-corrected chi connectivity index (χ4v) is 1.27. The lowest BCUT2D eigenvalue weighted by Crippen LogP contribution is -2.44. The van der Waals surface area contributed by atoms with Gasteiger partial charge < -0.3 is 15.4 Å². The molecule has 0 saturated carbocycles. The van der Waals surface area contributed by atoms with Crippen molar-refractivity contribution in [2.45, 2.75) is 19.6 Å². The number of amides is 2. The molecule has 0 saturated heterocycles. The van der Waals surface area contributed by atoms with Gasteiger partial charge in [0.15, 0.2) is 0 Å². The van der Waals surface area contributed by atoms with Gasteiger partial charge in [0, 0.05) is 13.5 Å². The van der Waals surface area contributed by atoms with Crippen molar-refractivity contribution in [1.29, 1.82) is 0 Å². The minimum absolute atomic E-state index is 0.0146. The fraction of sp³-hybridized carbons (Fsp3) is 0.308. The van der Waals surface area contributed by atoms with Crippen LogP contribution in [0.1, 0.15) is 12.5 Å². The first-order valence-corrected chi connectivity index (χ1v) is 5.71. The number of nitrogens with one attached hydrogen (secondary N) is 2. The van der Waals surface area contributed by atoms with Crippen LogP contribution in [0.25, 0.3) is 0 Å². The Hall–Kier alpha value is -2.37. The van der Waals surface area contributed by atoms with Crippen LogP contribution >= 0.6 is 0 Å². The van der Waals surface area contributed by atoms with E-state index in [1.807, 2.05) is 30.3 Å². The molecule has 101 valence electrons. The molecule has 0 aliphatic carbocycles. The van der Waals surface area contributed by atoms with Crippen molar-refractivity contribution in [3.63, 3.8) is 0 Å². The number of hydrogen-bond acceptors (Lipinski definition) is 4. The molecule has 6 nitrogen and oxygen atoms in total. The van der Waals surface area contributed by atoms with Crippen LogP contribution in [0, 0.1) is 0 Å². The monoisotopic (exact) mass is 263 g/mol. The highest BCUT2D eigenvalue weighted by molar-refractivity contribution is 5.76. The zero-order chi connectivity index (χ0) is 14.1. The minimum Gasteiger partial charge on any atom is -0.445 e. The molecule has 0 aliphatic heterocycles. The lowest BCUT2D eigenvalue weighted by atomic mass is 10.2. The quantitative estimate of drug-likeness (QED) is 0.784. The summed E-state index contributed by atoms with van der Waals surface area (Å²) in [5.74, 6) is -0.292. The van der Waals surface area contributed by atoms with E-state index >= 15 is 0 Å². The number of carbonyl (C=O) groups is 2. The van der Waals surface area contributed by atoms with E-state index in [1.165, 1.54) is 6.92 Å². The molecule has 0 heterocycles. The highest BCUT2D eigenvalue weighted by Gasteiger charge is 2.13. The van der Waals surface area contributed by atoms with Gasteiger partial charge in [0.2, 0.25) is 12.2 Å². The van der Waals surface area contributed by atoms with Gasteiger partial charge in [0.25, 0.3) is 0 Å². The number of benzene rings is 1. The van der Waals surface area contributed by atoms with Crippen LogP contribution in [-0.4, -0.2) is 30.9 Å². The maximum Gasteiger partial charge on any atom is 0.408 e. The number of ether oxygens (including phenoxy) is 1. The van der Waals surface area contributed by atoms with Crippen LogP contribution in [0.15, 0.2) is 30.3 Å². The molecule has 0 fully saturated rings. The van der Waals surface area contributed by atoms with E-state index in [9.17, 15) is 14.4 Å². The van der Waals surface area contributed by atoms with Gasteiger partial charge in [0.05, 0.1) is 0 Å². The topological polar surface area (TPSA) is 84.5 Å². The summed E-state index contributed by atoms with van der Waals surface area (Å²) in [6.07, 6.45) is 0.876. The molecule has 0 aliphatic rings. The SMILES string of the molecule is CC(=O)NCC([C]=O)NC(=O)OCc1ccccc1. The lowest BCUT2D eigenvalue weighted by Gasteiger charge is -2.12. The summed E-state index contributed by atoms with van der Waals surface area (Å²) in [7, 11) is 0. The molecule has 0 bridgehead atoms. The van der Waals surface area contributed by atoms with E-state index in [4.69, 9.17) is 4.74 Å². The molecule has 1 radical (unpaired) electrons. The molecule has 2 amide bonds. The van der Waals surface area contributed by atoms with Gasteiger partial charge in [-0.2, -0.15) is 0 Å². The number of hydrogen-bond donors (Lipinski definition) is 2. The molecule has 6 heteroatoms. The smallest absolute Gasteiger partial charge is 0.408 e. The lowest BCUT2D eigenvalue weighted by molar-refractivity contribution is -0.118. The molecule has 1 atom stereocenters. The van der Waals surface area contributed by atoms with Crippen LogP contribution < -0.4 is 10.6 Å². The highest BCUT2D eigenvalue weighted by Crippen LogP contribution is 2.00. The van der Waals surface area contributed by atoms with Crippen molar-refractivity contribution in [1.82, 2.24) is 10.6 Å². The van der Waals surface area contributed by atoms with Gasteiger partial charge in [-0.1, -0.05) is 30.3 Å². The van der Waals surface area contributed by atoms with E-state index in [0.717, 1.165) is 5.56 Å². The third-order valence-electron chi connectivity index (χ3n) is 2.20. The third-order valence-corrected chi connectivity index (χ3v) is 2.20. The fourth-order valence-electron chi connectivity index (χ4n) is 1.27. The summed E-state index contributed by atoms with van der Waals surface area (Å²) in [4.78, 5) is 32.7. The molecule has 1 aromatic carbocycles. The number of alkyl carbamates (subject to hydrolysis) is 1. The normalized spacial score (nSPS) is 11.2. The second-order valence-corrected chi connectivity index (χ2v) is 3.81. The van der Waals surface area contributed by atoms with Gasteiger partial charge in [0.1, 0.15) is 12.6 Å². The van der Waals surface area contributed by atoms with Gasteiger partial charge in [-0.15, -0.1) is 0 Å². The van der Waals surface area contributed by atoms with Gasteiger partial charge in [-0.05, 0) is 5.56 Å². The zero-order valence-corrected chi connectivity index (χ0v) is 10.5. The first kappa shape index (κ1) is 14.7. The van der Waals surface area contributed by atoms with Crippen LogP contribution in [0.4, 0.5) is 4.79 Å². The second kappa shape index (κ2) is 7.86. The maximum atomic E-state index is 11.4. The third kappa shape index (κ3) is 6.21. The number of rotatable bonds is 6. The van der Waals surface area contributed by atoms with Gasteiger partial charge >= 0.3 is 6.09 Å². The summed E-state index contributed by atoms with van der Waals surface area (Å²) in [6, 6.07) is 8.22. The molecule has 1 aromatic rings. The summed E-state index contributed by atoms with van der Waals surface area (Å²) in [6.45, 7) is 1.41. The van der Waals surface area contributed by atoms with E-state index in [2.05, 4.69) is 10.6 Å². The first-order chi connectivity index (χ1) is 9.11. The van der Waals surface area contributed by atoms with Crippen molar-refractivity contribution in [2.75, 3.05) is 6.54 Å². The predicted octanol–water partition coefficient (Wildman–Crippen LogP) is 0.527. The Labute approximate surface area is 111 Å². The number of carbonyl (C=O) groups excluding carboxylic acids is 3. The van der Waals surface area contributed by atoms with Crippen molar-refractivity contribution >= 4 is 18.3 Å². The summed E-state index contributed by atoms with van der Waals surface area (Å²) in [5, 5.41) is 4.70. The second-order valence-electron chi connectivity index (χ2n) is 3.81. The molecule has 1 unspecified atom stereocenters. The Bertz CT molecular complexity index is 434. The summed E-state index contributed by atoms with van der Waals surface area (Å²) >= 11 is 0. The Morgan fingerprint density at radius 3 is 2.58 bits per heavy atom. The average molecular weight is 263 g/mol. The zero-order valence-electron chi connectivity index (χ0n) is 10.5. The summed E-state index contributed by atoms with van der Waals surface area (Å²) < 4.78 is 4.93. The Morgan fingerprint density at radius 1 is 1.32 bits per heavy atom. The molecule has 1 rings (SSSR count). The Balaban J connectivity index is 2.32. The standard InChI is InChI=1S/C13H15N2O4/c1-10(17)14-7-12(8-16)15-13(18)19-9-11-5-3-2-4-6-11/h2-6,12H,7,9H2,1H3,(H,14,17)(H,15,18). The maximum absolute atomic E-state index is 11.4.